The van der Waals surface area contributed by atoms with Gasteiger partial charge in [0.05, 0.1) is 35.2 Å². The molecule has 0 spiro atoms. The van der Waals surface area contributed by atoms with Gasteiger partial charge in [-0.15, -0.1) is 0 Å². The number of hydrogen-bond donors (Lipinski definition) is 0. The maximum atomic E-state index is 2.60. The Labute approximate surface area is 169 Å². The molecule has 0 atom stereocenters. The topological polar surface area (TPSA) is 0 Å². The van der Waals surface area contributed by atoms with Crippen molar-refractivity contribution in [1.29, 1.82) is 0 Å². The molecule has 0 saturated carbocycles. The molecule has 0 radical (unpaired) electrons. The molecule has 26 heavy (non-hydrogen) atoms. The first-order valence-electron chi connectivity index (χ1n) is 10.1. The van der Waals surface area contributed by atoms with E-state index < -0.39 is 35.2 Å². The molecule has 0 aliphatic heterocycles. The highest BCUT2D eigenvalue weighted by Gasteiger charge is 2.18. The fraction of sp³-hybridized carbons (Fsp3) is 0.429. The quantitative estimate of drug-likeness (QED) is 0.480. The van der Waals surface area contributed by atoms with Crippen LogP contribution < -0.4 is 31.4 Å². The van der Waals surface area contributed by atoms with Crippen molar-refractivity contribution in [2.24, 2.45) is 0 Å². The Hall–Kier alpha value is -0.262. The zero-order chi connectivity index (χ0) is 19.6. The van der Waals surface area contributed by atoms with Crippen molar-refractivity contribution < 1.29 is 0 Å². The number of benzene rings is 2. The van der Waals surface area contributed by atoms with Crippen LogP contribution in [0.2, 0.25) is 52.4 Å². The van der Waals surface area contributed by atoms with Crippen LogP contribution in [0.15, 0.2) is 36.4 Å². The lowest BCUT2D eigenvalue weighted by molar-refractivity contribution is 1.79. The molecule has 5 heteroatoms. The van der Waals surface area contributed by atoms with Crippen molar-refractivity contribution in [2.75, 3.05) is 6.66 Å². The van der Waals surface area contributed by atoms with Gasteiger partial charge in [0.15, 0.2) is 0 Å². The SMILES string of the molecule is C[SiH](C)c1ccc(P(C)c2ccc([SiH](C)C)c([SiH](C)C)c2)cc1[SiH](C)C. The first-order valence-corrected chi connectivity index (χ1v) is 23.5. The third-order valence-electron chi connectivity index (χ3n) is 5.40. The normalized spacial score (nSPS) is 12.2. The van der Waals surface area contributed by atoms with Crippen molar-refractivity contribution in [3.63, 3.8) is 0 Å². The summed E-state index contributed by atoms with van der Waals surface area (Å²) in [6, 6.07) is 15.1. The first-order chi connectivity index (χ1) is 12.1. The van der Waals surface area contributed by atoms with E-state index in [4.69, 9.17) is 0 Å². The van der Waals surface area contributed by atoms with Crippen LogP contribution in [0.4, 0.5) is 0 Å². The van der Waals surface area contributed by atoms with Gasteiger partial charge in [0.1, 0.15) is 0 Å². The minimum Gasteiger partial charge on any atom is -0.0682 e. The van der Waals surface area contributed by atoms with Gasteiger partial charge in [-0.1, -0.05) is 110 Å². The van der Waals surface area contributed by atoms with Gasteiger partial charge < -0.3 is 0 Å². The summed E-state index contributed by atoms with van der Waals surface area (Å²) in [5.41, 5.74) is 0. The fourth-order valence-corrected chi connectivity index (χ4v) is 14.6. The number of rotatable bonds is 6. The third kappa shape index (κ3) is 4.96. The van der Waals surface area contributed by atoms with E-state index in [1.807, 2.05) is 0 Å². The first kappa shape index (κ1) is 22.0. The van der Waals surface area contributed by atoms with Gasteiger partial charge in [0, 0.05) is 0 Å². The summed E-state index contributed by atoms with van der Waals surface area (Å²) >= 11 is 0. The average Bonchev–Trinajstić information content (AvgIpc) is 2.59. The monoisotopic (exact) mass is 432 g/mol. The maximum Gasteiger partial charge on any atom is 0.0645 e. The average molecular weight is 433 g/mol. The summed E-state index contributed by atoms with van der Waals surface area (Å²) in [5, 5.41) is 10.1. The van der Waals surface area contributed by atoms with E-state index in [-0.39, 0.29) is 7.92 Å². The molecule has 0 bridgehead atoms. The second-order valence-corrected chi connectivity index (χ2v) is 22.7. The minimum atomic E-state index is -0.778. The van der Waals surface area contributed by atoms with E-state index in [2.05, 4.69) is 95.4 Å². The van der Waals surface area contributed by atoms with Crippen LogP contribution in [0, 0.1) is 0 Å². The van der Waals surface area contributed by atoms with Gasteiger partial charge >= 0.3 is 0 Å². The summed E-state index contributed by atoms with van der Waals surface area (Å²) < 4.78 is 0. The van der Waals surface area contributed by atoms with E-state index in [0.29, 0.717) is 0 Å². The second kappa shape index (κ2) is 9.29. The molecule has 0 unspecified atom stereocenters. The highest BCUT2D eigenvalue weighted by Crippen LogP contribution is 2.27. The smallest absolute Gasteiger partial charge is 0.0645 e. The molecule has 0 aliphatic rings. The summed E-state index contributed by atoms with van der Waals surface area (Å²) in [6.07, 6.45) is 0. The molecule has 2 rings (SSSR count). The van der Waals surface area contributed by atoms with Crippen molar-refractivity contribution in [2.45, 2.75) is 52.4 Å². The molecule has 2 aromatic carbocycles. The molecule has 142 valence electrons. The summed E-state index contributed by atoms with van der Waals surface area (Å²) in [7, 11) is -3.27. The highest BCUT2D eigenvalue weighted by molar-refractivity contribution is 7.72. The van der Waals surface area contributed by atoms with Crippen molar-refractivity contribution >= 4 is 74.5 Å². The second-order valence-electron chi connectivity index (χ2n) is 8.80. The maximum absolute atomic E-state index is 2.60. The van der Waals surface area contributed by atoms with E-state index in [0.717, 1.165) is 0 Å². The van der Waals surface area contributed by atoms with Crippen molar-refractivity contribution in [3.8, 4) is 0 Å². The lowest BCUT2D eigenvalue weighted by Crippen LogP contribution is -2.46. The standard InChI is InChI=1S/C21H37PSi4/c1-22(16-10-12-18(23(2)3)20(14-16)25(6)7)17-11-13-19(24(4)5)21(15-17)26(8)9/h10-15,23-26H,1-9H3. The summed E-state index contributed by atoms with van der Waals surface area (Å²) in [5.74, 6) is 0. The Bertz CT molecular complexity index is 690. The van der Waals surface area contributed by atoms with Crippen LogP contribution in [0.3, 0.4) is 0 Å². The Morgan fingerprint density at radius 2 is 0.808 bits per heavy atom. The van der Waals surface area contributed by atoms with Crippen molar-refractivity contribution in [1.82, 2.24) is 0 Å². The molecule has 0 amide bonds. The van der Waals surface area contributed by atoms with Gasteiger partial charge in [-0.05, 0) is 25.2 Å². The van der Waals surface area contributed by atoms with Gasteiger partial charge in [-0.3, -0.25) is 0 Å². The van der Waals surface area contributed by atoms with Crippen LogP contribution in [0.1, 0.15) is 0 Å². The molecule has 2 aromatic rings. The Balaban J connectivity index is 2.47. The molecule has 0 saturated heterocycles. The fourth-order valence-electron chi connectivity index (χ4n) is 3.74. The lowest BCUT2D eigenvalue weighted by atomic mass is 10.3. The van der Waals surface area contributed by atoms with Crippen LogP contribution >= 0.6 is 7.92 Å². The Kier molecular flexibility index (Phi) is 7.87. The molecule has 0 aliphatic carbocycles. The zero-order valence-electron chi connectivity index (χ0n) is 18.2. The molecule has 0 aromatic heterocycles. The predicted molar refractivity (Wildman–Crippen MR) is 139 cm³/mol. The molecule has 0 N–H and O–H groups in total. The zero-order valence-corrected chi connectivity index (χ0v) is 23.7. The number of hydrogen-bond acceptors (Lipinski definition) is 0. The molecule has 0 fully saturated rings. The van der Waals surface area contributed by atoms with Crippen molar-refractivity contribution in [3.05, 3.63) is 36.4 Å². The van der Waals surface area contributed by atoms with E-state index in [1.54, 1.807) is 31.4 Å². The predicted octanol–water partition coefficient (Wildman–Crippen LogP) is 1.52. The minimum absolute atomic E-state index is 0.241. The third-order valence-corrected chi connectivity index (χ3v) is 15.2. The summed E-state index contributed by atoms with van der Waals surface area (Å²) in [6.45, 7) is 22.3. The Morgan fingerprint density at radius 3 is 1.08 bits per heavy atom. The van der Waals surface area contributed by atoms with Gasteiger partial charge in [-0.25, -0.2) is 0 Å². The molecular weight excluding hydrogens is 396 g/mol. The molecular formula is C21H37PSi4. The van der Waals surface area contributed by atoms with Crippen LogP contribution in [-0.2, 0) is 0 Å². The molecule has 0 heterocycles. The Morgan fingerprint density at radius 1 is 0.500 bits per heavy atom. The van der Waals surface area contributed by atoms with E-state index >= 15 is 0 Å². The van der Waals surface area contributed by atoms with Crippen LogP contribution in [0.25, 0.3) is 0 Å². The highest BCUT2D eigenvalue weighted by atomic mass is 31.1. The van der Waals surface area contributed by atoms with E-state index in [1.165, 1.54) is 0 Å². The van der Waals surface area contributed by atoms with Crippen LogP contribution in [-0.4, -0.2) is 41.9 Å². The molecule has 0 nitrogen and oxygen atoms in total. The van der Waals surface area contributed by atoms with Crippen LogP contribution in [0.5, 0.6) is 0 Å². The lowest BCUT2D eigenvalue weighted by Gasteiger charge is -2.22. The van der Waals surface area contributed by atoms with Gasteiger partial charge in [-0.2, -0.15) is 0 Å². The largest absolute Gasteiger partial charge is 0.0682 e. The van der Waals surface area contributed by atoms with E-state index in [9.17, 15) is 0 Å². The summed E-state index contributed by atoms with van der Waals surface area (Å²) in [4.78, 5) is 0. The van der Waals surface area contributed by atoms with Gasteiger partial charge in [0.2, 0.25) is 0 Å². The van der Waals surface area contributed by atoms with Gasteiger partial charge in [0.25, 0.3) is 0 Å².